The molecule has 0 aromatic heterocycles. The van der Waals surface area contributed by atoms with Crippen molar-refractivity contribution >= 4 is 22.7 Å². The van der Waals surface area contributed by atoms with Gasteiger partial charge in [-0.1, -0.05) is 152 Å². The van der Waals surface area contributed by atoms with E-state index < -0.39 is 0 Å². The number of nitrogens with zero attached hydrogens (tertiary/aromatic N) is 1. The number of benzene rings is 6. The van der Waals surface area contributed by atoms with Gasteiger partial charge < -0.3 is 5.32 Å². The predicted octanol–water partition coefficient (Wildman–Crippen LogP) is 12.3. The lowest BCUT2D eigenvalue weighted by Gasteiger charge is -2.26. The van der Waals surface area contributed by atoms with Crippen molar-refractivity contribution in [3.8, 4) is 22.3 Å². The fraction of sp³-hybridized carbons (Fsp3) is 0.0816. The van der Waals surface area contributed by atoms with E-state index in [1.165, 1.54) is 61.2 Å². The van der Waals surface area contributed by atoms with E-state index in [9.17, 15) is 0 Å². The van der Waals surface area contributed by atoms with Crippen LogP contribution in [0.1, 0.15) is 52.3 Å². The molecular weight excluding hydrogens is 617 g/mol. The molecule has 1 unspecified atom stereocenters. The van der Waals surface area contributed by atoms with Crippen LogP contribution in [0.3, 0.4) is 0 Å². The van der Waals surface area contributed by atoms with Crippen LogP contribution in [0.25, 0.3) is 39.1 Å². The Kier molecular flexibility index (Phi) is 8.97. The Bertz CT molecular complexity index is 2270. The van der Waals surface area contributed by atoms with E-state index in [0.717, 1.165) is 35.5 Å². The zero-order valence-corrected chi connectivity index (χ0v) is 28.9. The molecule has 1 N–H and O–H groups in total. The first kappa shape index (κ1) is 32.0. The molecule has 51 heavy (non-hydrogen) atoms. The van der Waals surface area contributed by atoms with E-state index in [0.29, 0.717) is 0 Å². The molecule has 246 valence electrons. The highest BCUT2D eigenvalue weighted by Crippen LogP contribution is 2.40. The first-order valence-electron chi connectivity index (χ1n) is 17.7. The average Bonchev–Trinajstić information content (AvgIpc) is 3.22. The van der Waals surface area contributed by atoms with Gasteiger partial charge >= 0.3 is 0 Å². The van der Waals surface area contributed by atoms with Crippen LogP contribution in [0.4, 0.5) is 0 Å². The summed E-state index contributed by atoms with van der Waals surface area (Å²) < 4.78 is 0. The molecule has 2 aliphatic rings. The smallest absolute Gasteiger partial charge is 0.134 e. The monoisotopic (exact) mass is 656 g/mol. The summed E-state index contributed by atoms with van der Waals surface area (Å²) in [6.07, 6.45) is 8.62. The quantitative estimate of drug-likeness (QED) is 0.173. The van der Waals surface area contributed by atoms with Crippen molar-refractivity contribution in [1.82, 2.24) is 5.32 Å². The lowest BCUT2D eigenvalue weighted by atomic mass is 9.82. The summed E-state index contributed by atoms with van der Waals surface area (Å²) in [4.78, 5) is 5.09. The zero-order valence-electron chi connectivity index (χ0n) is 28.9. The second-order valence-electron chi connectivity index (χ2n) is 13.3. The maximum Gasteiger partial charge on any atom is 0.134 e. The zero-order chi connectivity index (χ0) is 34.6. The maximum absolute atomic E-state index is 5.09. The first-order chi connectivity index (χ1) is 25.1. The van der Waals surface area contributed by atoms with E-state index in [-0.39, 0.29) is 6.04 Å². The molecule has 1 aliphatic carbocycles. The van der Waals surface area contributed by atoms with Gasteiger partial charge in [0, 0.05) is 5.56 Å². The number of aliphatic imine (C=N–C) groups is 1. The SMILES string of the molecule is C=CC1=C(c2cc(C3C=C(c4ccccc4)N=C(c4ccccc4)N3)ccc2C)C=C(c2cc(-c3ccccc3)cc(-c3ccccc3)c2)CC1. The molecule has 1 aliphatic heterocycles. The molecule has 6 aromatic rings. The van der Waals surface area contributed by atoms with Crippen LogP contribution in [-0.4, -0.2) is 5.84 Å². The second-order valence-corrected chi connectivity index (χ2v) is 13.3. The van der Waals surface area contributed by atoms with Crippen molar-refractivity contribution in [2.24, 2.45) is 4.99 Å². The molecular formula is C49H40N2. The summed E-state index contributed by atoms with van der Waals surface area (Å²) in [6, 6.07) is 56.1. The molecule has 0 amide bonds. The average molecular weight is 657 g/mol. The van der Waals surface area contributed by atoms with Crippen LogP contribution >= 0.6 is 0 Å². The minimum Gasteiger partial charge on any atom is -0.359 e. The van der Waals surface area contributed by atoms with Gasteiger partial charge in [0.25, 0.3) is 0 Å². The van der Waals surface area contributed by atoms with Gasteiger partial charge in [0.05, 0.1) is 11.7 Å². The second kappa shape index (κ2) is 14.3. The van der Waals surface area contributed by atoms with E-state index in [2.05, 4.69) is 183 Å². The summed E-state index contributed by atoms with van der Waals surface area (Å²) in [6.45, 7) is 6.49. The van der Waals surface area contributed by atoms with E-state index in [4.69, 9.17) is 4.99 Å². The number of hydrogen-bond donors (Lipinski definition) is 1. The normalized spacial score (nSPS) is 15.7. The van der Waals surface area contributed by atoms with Gasteiger partial charge in [0.1, 0.15) is 5.84 Å². The molecule has 1 heterocycles. The molecule has 0 fully saturated rings. The topological polar surface area (TPSA) is 24.4 Å². The minimum atomic E-state index is -0.0527. The Hall–Kier alpha value is -6.25. The van der Waals surface area contributed by atoms with Gasteiger partial charge in [-0.3, -0.25) is 0 Å². The summed E-state index contributed by atoms with van der Waals surface area (Å²) >= 11 is 0. The summed E-state index contributed by atoms with van der Waals surface area (Å²) in [5.41, 5.74) is 16.9. The molecule has 0 spiro atoms. The number of rotatable bonds is 8. The summed E-state index contributed by atoms with van der Waals surface area (Å²) in [5, 5.41) is 3.76. The third kappa shape index (κ3) is 6.82. The van der Waals surface area contributed by atoms with Gasteiger partial charge in [-0.25, -0.2) is 4.99 Å². The van der Waals surface area contributed by atoms with Crippen LogP contribution in [0.15, 0.2) is 193 Å². The maximum atomic E-state index is 5.09. The number of amidine groups is 1. The highest BCUT2D eigenvalue weighted by atomic mass is 15.0. The number of nitrogens with one attached hydrogen (secondary N) is 1. The Balaban J connectivity index is 1.21. The fourth-order valence-corrected chi connectivity index (χ4v) is 7.19. The van der Waals surface area contributed by atoms with Crippen molar-refractivity contribution in [3.05, 3.63) is 221 Å². The lowest BCUT2D eigenvalue weighted by molar-refractivity contribution is 0.780. The van der Waals surface area contributed by atoms with Gasteiger partial charge in [0.15, 0.2) is 0 Å². The van der Waals surface area contributed by atoms with Crippen LogP contribution in [0, 0.1) is 6.92 Å². The van der Waals surface area contributed by atoms with Gasteiger partial charge in [-0.15, -0.1) is 0 Å². The molecule has 6 aromatic carbocycles. The standard InChI is InChI=1S/C49H40N2/c1-3-35-26-27-40(44-29-42(36-16-8-4-9-17-36)28-43(30-44)37-18-10-5-11-19-37)31-46(35)45-32-41(25-24-34(45)2)48-33-47(38-20-12-6-13-21-38)50-49(51-48)39-22-14-7-15-23-39/h3-25,28-33,48H,1,26-27H2,2H3,(H,50,51). The Morgan fingerprint density at radius 1 is 0.588 bits per heavy atom. The molecule has 0 saturated heterocycles. The Morgan fingerprint density at radius 3 is 1.73 bits per heavy atom. The third-order valence-electron chi connectivity index (χ3n) is 9.97. The van der Waals surface area contributed by atoms with Crippen LogP contribution in [-0.2, 0) is 0 Å². The van der Waals surface area contributed by atoms with Crippen LogP contribution < -0.4 is 5.32 Å². The largest absolute Gasteiger partial charge is 0.359 e. The number of hydrogen-bond acceptors (Lipinski definition) is 2. The summed E-state index contributed by atoms with van der Waals surface area (Å²) in [5.74, 6) is 0.877. The third-order valence-corrected chi connectivity index (χ3v) is 9.97. The van der Waals surface area contributed by atoms with Gasteiger partial charge in [-0.05, 0) is 117 Å². The minimum absolute atomic E-state index is 0.0527. The first-order valence-corrected chi connectivity index (χ1v) is 17.7. The van der Waals surface area contributed by atoms with Gasteiger partial charge in [0.2, 0.25) is 0 Å². The van der Waals surface area contributed by atoms with Crippen molar-refractivity contribution in [3.63, 3.8) is 0 Å². The fourth-order valence-electron chi connectivity index (χ4n) is 7.19. The van der Waals surface area contributed by atoms with E-state index in [1.54, 1.807) is 0 Å². The highest BCUT2D eigenvalue weighted by molar-refractivity contribution is 6.03. The Morgan fingerprint density at radius 2 is 1.14 bits per heavy atom. The molecule has 2 heteroatoms. The molecule has 8 rings (SSSR count). The number of allylic oxidation sites excluding steroid dienone is 5. The highest BCUT2D eigenvalue weighted by Gasteiger charge is 2.22. The van der Waals surface area contributed by atoms with Crippen molar-refractivity contribution in [1.29, 1.82) is 0 Å². The van der Waals surface area contributed by atoms with Crippen molar-refractivity contribution in [2.45, 2.75) is 25.8 Å². The molecule has 0 saturated carbocycles. The molecule has 2 nitrogen and oxygen atoms in total. The Labute approximate surface area is 301 Å². The lowest BCUT2D eigenvalue weighted by Crippen LogP contribution is -2.31. The number of aryl methyl sites for hydroxylation is 1. The van der Waals surface area contributed by atoms with Crippen molar-refractivity contribution in [2.75, 3.05) is 0 Å². The van der Waals surface area contributed by atoms with Crippen LogP contribution in [0.2, 0.25) is 0 Å². The molecule has 0 bridgehead atoms. The van der Waals surface area contributed by atoms with E-state index >= 15 is 0 Å². The molecule has 0 radical (unpaired) electrons. The van der Waals surface area contributed by atoms with E-state index in [1.807, 2.05) is 12.1 Å². The van der Waals surface area contributed by atoms with Crippen molar-refractivity contribution < 1.29 is 0 Å². The predicted molar refractivity (Wildman–Crippen MR) is 216 cm³/mol. The van der Waals surface area contributed by atoms with Crippen LogP contribution in [0.5, 0.6) is 0 Å². The molecule has 1 atom stereocenters. The summed E-state index contributed by atoms with van der Waals surface area (Å²) in [7, 11) is 0. The van der Waals surface area contributed by atoms with Gasteiger partial charge in [-0.2, -0.15) is 0 Å².